The Kier molecular flexibility index (Phi) is 5.42. The van der Waals surface area contributed by atoms with E-state index in [1.54, 1.807) is 0 Å². The van der Waals surface area contributed by atoms with Crippen LogP contribution < -0.4 is 4.74 Å². The predicted molar refractivity (Wildman–Crippen MR) is 106 cm³/mol. The van der Waals surface area contributed by atoms with Gasteiger partial charge in [-0.15, -0.1) is 0 Å². The molecule has 0 radical (unpaired) electrons. The van der Waals surface area contributed by atoms with Crippen LogP contribution in [-0.4, -0.2) is 34.1 Å². The van der Waals surface area contributed by atoms with Crippen LogP contribution in [0.25, 0.3) is 11.0 Å². The molecule has 4 nitrogen and oxygen atoms in total. The fourth-order valence-corrected chi connectivity index (χ4v) is 3.79. The van der Waals surface area contributed by atoms with Gasteiger partial charge in [0.25, 0.3) is 0 Å². The van der Waals surface area contributed by atoms with E-state index in [2.05, 4.69) is 33.7 Å². The summed E-state index contributed by atoms with van der Waals surface area (Å²) in [6, 6.07) is 16.0. The van der Waals surface area contributed by atoms with Crippen molar-refractivity contribution >= 4 is 22.6 Å². The number of imidazole rings is 1. The number of rotatable bonds is 7. The Balaban J connectivity index is 1.45. The molecule has 2 heterocycles. The number of fused-ring (bicyclic) bond motifs is 1. The van der Waals surface area contributed by atoms with Gasteiger partial charge in [0.15, 0.2) is 0 Å². The summed E-state index contributed by atoms with van der Waals surface area (Å²) in [4.78, 5) is 7.38. The van der Waals surface area contributed by atoms with Gasteiger partial charge in [0, 0.05) is 6.54 Å². The molecule has 1 aromatic heterocycles. The van der Waals surface area contributed by atoms with Crippen LogP contribution in [-0.2, 0) is 13.1 Å². The minimum atomic E-state index is 0.638. The number of likely N-dealkylation sites (tertiary alicyclic amines) is 1. The summed E-state index contributed by atoms with van der Waals surface area (Å²) in [5.74, 6) is 1.91. The molecule has 3 aromatic rings. The first kappa shape index (κ1) is 17.4. The molecule has 1 saturated heterocycles. The normalized spacial score (nSPS) is 15.0. The molecule has 1 aliphatic heterocycles. The lowest BCUT2D eigenvalue weighted by Gasteiger charge is -2.16. The van der Waals surface area contributed by atoms with Crippen LogP contribution in [0.1, 0.15) is 25.1 Å². The lowest BCUT2D eigenvalue weighted by molar-refractivity contribution is 0.294. The Bertz CT molecular complexity index is 871. The Morgan fingerprint density at radius 1 is 1.00 bits per heavy atom. The Morgan fingerprint density at radius 3 is 2.62 bits per heavy atom. The predicted octanol–water partition coefficient (Wildman–Crippen LogP) is 4.75. The maximum atomic E-state index is 6.16. The monoisotopic (exact) mass is 369 g/mol. The number of nitrogens with zero attached hydrogens (tertiary/aromatic N) is 3. The van der Waals surface area contributed by atoms with Gasteiger partial charge in [-0.05, 0) is 56.6 Å². The first-order valence-corrected chi connectivity index (χ1v) is 9.73. The summed E-state index contributed by atoms with van der Waals surface area (Å²) in [6.45, 7) is 4.82. The number of para-hydroxylation sites is 3. The van der Waals surface area contributed by atoms with Gasteiger partial charge < -0.3 is 9.30 Å². The molecule has 5 heteroatoms. The molecular weight excluding hydrogens is 346 g/mol. The van der Waals surface area contributed by atoms with Crippen molar-refractivity contribution in [1.82, 2.24) is 14.5 Å². The number of halogens is 1. The van der Waals surface area contributed by atoms with Crippen LogP contribution in [0.2, 0.25) is 5.02 Å². The first-order chi connectivity index (χ1) is 12.8. The van der Waals surface area contributed by atoms with E-state index in [1.165, 1.54) is 31.4 Å². The lowest BCUT2D eigenvalue weighted by Crippen LogP contribution is -2.21. The fraction of sp³-hybridized carbons (Fsp3) is 0.381. The Morgan fingerprint density at radius 2 is 1.77 bits per heavy atom. The molecule has 0 N–H and O–H groups in total. The van der Waals surface area contributed by atoms with Crippen molar-refractivity contribution in [2.45, 2.75) is 32.4 Å². The summed E-state index contributed by atoms with van der Waals surface area (Å²) in [7, 11) is 0. The Labute approximate surface area is 159 Å². The number of ether oxygens (including phenoxy) is 1. The van der Waals surface area contributed by atoms with Gasteiger partial charge >= 0.3 is 0 Å². The van der Waals surface area contributed by atoms with E-state index in [-0.39, 0.29) is 0 Å². The molecule has 0 bridgehead atoms. The summed E-state index contributed by atoms with van der Waals surface area (Å²) in [6.07, 6.45) is 3.51. The summed E-state index contributed by atoms with van der Waals surface area (Å²) >= 11 is 6.16. The molecule has 1 fully saturated rings. The van der Waals surface area contributed by atoms with E-state index in [9.17, 15) is 0 Å². The zero-order valence-electron chi connectivity index (χ0n) is 14.9. The van der Waals surface area contributed by atoms with Gasteiger partial charge in [-0.3, -0.25) is 4.90 Å². The van der Waals surface area contributed by atoms with Gasteiger partial charge in [-0.2, -0.15) is 0 Å². The third-order valence-electron chi connectivity index (χ3n) is 4.92. The van der Waals surface area contributed by atoms with E-state index < -0.39 is 0 Å². The molecule has 0 atom stereocenters. The van der Waals surface area contributed by atoms with Crippen LogP contribution in [0.3, 0.4) is 0 Å². The zero-order valence-corrected chi connectivity index (χ0v) is 15.7. The minimum absolute atomic E-state index is 0.638. The number of aromatic nitrogens is 2. The maximum Gasteiger partial charge on any atom is 0.137 e. The fourth-order valence-electron chi connectivity index (χ4n) is 3.60. The van der Waals surface area contributed by atoms with Crippen LogP contribution in [0.5, 0.6) is 5.75 Å². The molecule has 26 heavy (non-hydrogen) atoms. The summed E-state index contributed by atoms with van der Waals surface area (Å²) in [5, 5.41) is 0.662. The average Bonchev–Trinajstić information content (AvgIpc) is 3.28. The summed E-state index contributed by atoms with van der Waals surface area (Å²) < 4.78 is 8.20. The second-order valence-electron chi connectivity index (χ2n) is 6.78. The number of hydrogen-bond donors (Lipinski definition) is 0. The van der Waals surface area contributed by atoms with Gasteiger partial charge in [0.1, 0.15) is 11.6 Å². The maximum absolute atomic E-state index is 6.16. The van der Waals surface area contributed by atoms with Crippen LogP contribution in [0, 0.1) is 0 Å². The minimum Gasteiger partial charge on any atom is -0.492 e. The van der Waals surface area contributed by atoms with Crippen molar-refractivity contribution in [1.29, 1.82) is 0 Å². The molecule has 0 amide bonds. The molecule has 0 aliphatic carbocycles. The molecule has 136 valence electrons. The molecule has 0 spiro atoms. The van der Waals surface area contributed by atoms with Crippen LogP contribution >= 0.6 is 11.6 Å². The van der Waals surface area contributed by atoms with Crippen molar-refractivity contribution in [2.24, 2.45) is 0 Å². The lowest BCUT2D eigenvalue weighted by atomic mass is 10.3. The smallest absolute Gasteiger partial charge is 0.137 e. The van der Waals surface area contributed by atoms with E-state index in [0.29, 0.717) is 11.6 Å². The van der Waals surface area contributed by atoms with E-state index >= 15 is 0 Å². The van der Waals surface area contributed by atoms with Crippen molar-refractivity contribution in [3.63, 3.8) is 0 Å². The van der Waals surface area contributed by atoms with Crippen LogP contribution in [0.15, 0.2) is 48.5 Å². The quantitative estimate of drug-likeness (QED) is 0.563. The second-order valence-corrected chi connectivity index (χ2v) is 7.19. The van der Waals surface area contributed by atoms with Crippen molar-refractivity contribution in [3.05, 3.63) is 59.4 Å². The molecule has 4 rings (SSSR count). The third-order valence-corrected chi connectivity index (χ3v) is 5.23. The second kappa shape index (κ2) is 8.11. The molecule has 1 aliphatic rings. The van der Waals surface area contributed by atoms with Crippen molar-refractivity contribution in [3.8, 4) is 5.75 Å². The number of aryl methyl sites for hydroxylation is 1. The SMILES string of the molecule is Clc1ccccc1OCCCn1c(CN2CCCC2)nc2ccccc21. The van der Waals surface area contributed by atoms with Gasteiger partial charge in [-0.25, -0.2) is 4.98 Å². The standard InChI is InChI=1S/C21H24ClN3O/c22-17-8-1-4-11-20(17)26-15-7-14-25-19-10-3-2-9-18(19)23-21(25)16-24-12-5-6-13-24/h1-4,8-11H,5-7,12-16H2. The highest BCUT2D eigenvalue weighted by Gasteiger charge is 2.17. The zero-order chi connectivity index (χ0) is 17.8. The van der Waals surface area contributed by atoms with E-state index in [0.717, 1.165) is 36.6 Å². The Hall–Kier alpha value is -2.04. The number of benzene rings is 2. The highest BCUT2D eigenvalue weighted by Crippen LogP contribution is 2.24. The third kappa shape index (κ3) is 3.87. The average molecular weight is 370 g/mol. The molecule has 2 aromatic carbocycles. The topological polar surface area (TPSA) is 30.3 Å². The van der Waals surface area contributed by atoms with Crippen molar-refractivity contribution in [2.75, 3.05) is 19.7 Å². The first-order valence-electron chi connectivity index (χ1n) is 9.35. The largest absolute Gasteiger partial charge is 0.492 e. The highest BCUT2D eigenvalue weighted by atomic mass is 35.5. The molecule has 0 unspecified atom stereocenters. The number of hydrogen-bond acceptors (Lipinski definition) is 3. The van der Waals surface area contributed by atoms with Crippen molar-refractivity contribution < 1.29 is 4.74 Å². The molecular formula is C21H24ClN3O. The van der Waals surface area contributed by atoms with Crippen LogP contribution in [0.4, 0.5) is 0 Å². The van der Waals surface area contributed by atoms with Gasteiger partial charge in [-0.1, -0.05) is 35.9 Å². The van der Waals surface area contributed by atoms with E-state index in [4.69, 9.17) is 21.3 Å². The van der Waals surface area contributed by atoms with Gasteiger partial charge in [0.2, 0.25) is 0 Å². The van der Waals surface area contributed by atoms with Gasteiger partial charge in [0.05, 0.1) is 29.2 Å². The molecule has 0 saturated carbocycles. The van der Waals surface area contributed by atoms with E-state index in [1.807, 2.05) is 24.3 Å². The summed E-state index contributed by atoms with van der Waals surface area (Å²) in [5.41, 5.74) is 2.29. The highest BCUT2D eigenvalue weighted by molar-refractivity contribution is 6.32.